The second-order valence-electron chi connectivity index (χ2n) is 8.41. The van der Waals surface area contributed by atoms with Crippen molar-refractivity contribution in [1.82, 2.24) is 4.31 Å². The first kappa shape index (κ1) is 23.8. The van der Waals surface area contributed by atoms with Gasteiger partial charge in [-0.15, -0.1) is 0 Å². The van der Waals surface area contributed by atoms with Crippen LogP contribution in [0.25, 0.3) is 0 Å². The first-order valence-electron chi connectivity index (χ1n) is 11.0. The van der Waals surface area contributed by atoms with E-state index in [0.717, 1.165) is 22.3 Å². The number of anilines is 1. The van der Waals surface area contributed by atoms with Gasteiger partial charge in [0.05, 0.1) is 12.0 Å². The molecule has 3 aromatic rings. The molecule has 0 fully saturated rings. The largest absolute Gasteiger partial charge is 0.497 e. The SMILES string of the molecule is COc1ccc(S(=O)(=O)N2CCc3ccc(NC(=O)COc4cc(C)cc(C)c4)cc3C2)cc1. The average Bonchev–Trinajstić information content (AvgIpc) is 2.81. The third kappa shape index (κ3) is 5.40. The molecule has 8 heteroatoms. The van der Waals surface area contributed by atoms with Gasteiger partial charge in [-0.3, -0.25) is 4.79 Å². The van der Waals surface area contributed by atoms with Gasteiger partial charge in [-0.05, 0) is 91.1 Å². The van der Waals surface area contributed by atoms with Crippen LogP contribution in [0.15, 0.2) is 65.6 Å². The lowest BCUT2D eigenvalue weighted by atomic mass is 10.0. The fourth-order valence-electron chi connectivity index (χ4n) is 4.07. The lowest BCUT2D eigenvalue weighted by Gasteiger charge is -2.28. The average molecular weight is 481 g/mol. The van der Waals surface area contributed by atoms with Gasteiger partial charge >= 0.3 is 0 Å². The summed E-state index contributed by atoms with van der Waals surface area (Å²) >= 11 is 0. The van der Waals surface area contributed by atoms with Crippen molar-refractivity contribution in [3.05, 3.63) is 82.9 Å². The predicted molar refractivity (Wildman–Crippen MR) is 131 cm³/mol. The van der Waals surface area contributed by atoms with E-state index in [-0.39, 0.29) is 24.0 Å². The lowest BCUT2D eigenvalue weighted by Crippen LogP contribution is -2.36. The van der Waals surface area contributed by atoms with Gasteiger partial charge in [0.15, 0.2) is 6.61 Å². The molecule has 34 heavy (non-hydrogen) atoms. The van der Waals surface area contributed by atoms with Gasteiger partial charge in [-0.1, -0.05) is 12.1 Å². The Morgan fingerprint density at radius 2 is 1.65 bits per heavy atom. The van der Waals surface area contributed by atoms with Crippen LogP contribution in [0.4, 0.5) is 5.69 Å². The predicted octanol–water partition coefficient (Wildman–Crippen LogP) is 4.08. The summed E-state index contributed by atoms with van der Waals surface area (Å²) in [5.41, 5.74) is 4.69. The van der Waals surface area contributed by atoms with Crippen LogP contribution in [0.1, 0.15) is 22.3 Å². The van der Waals surface area contributed by atoms with Gasteiger partial charge < -0.3 is 14.8 Å². The van der Waals surface area contributed by atoms with Crippen molar-refractivity contribution in [1.29, 1.82) is 0 Å². The van der Waals surface area contributed by atoms with E-state index in [1.54, 1.807) is 24.3 Å². The molecule has 3 aromatic carbocycles. The van der Waals surface area contributed by atoms with Crippen LogP contribution < -0.4 is 14.8 Å². The normalized spacial score (nSPS) is 13.7. The Bertz CT molecular complexity index is 1280. The summed E-state index contributed by atoms with van der Waals surface area (Å²) in [5.74, 6) is 0.972. The number of methoxy groups -OCH3 is 1. The van der Waals surface area contributed by atoms with Crippen LogP contribution in [-0.2, 0) is 27.8 Å². The highest BCUT2D eigenvalue weighted by Crippen LogP contribution is 2.28. The highest BCUT2D eigenvalue weighted by molar-refractivity contribution is 7.89. The first-order chi connectivity index (χ1) is 16.2. The number of carbonyl (C=O) groups is 1. The zero-order valence-electron chi connectivity index (χ0n) is 19.5. The number of sulfonamides is 1. The van der Waals surface area contributed by atoms with E-state index in [1.165, 1.54) is 11.4 Å². The van der Waals surface area contributed by atoms with Gasteiger partial charge in [0.2, 0.25) is 10.0 Å². The maximum Gasteiger partial charge on any atom is 0.262 e. The van der Waals surface area contributed by atoms with Crippen molar-refractivity contribution in [3.63, 3.8) is 0 Å². The third-order valence-electron chi connectivity index (χ3n) is 5.73. The monoisotopic (exact) mass is 480 g/mol. The number of hydrogen-bond donors (Lipinski definition) is 1. The van der Waals surface area contributed by atoms with E-state index >= 15 is 0 Å². The van der Waals surface area contributed by atoms with Gasteiger partial charge in [0.1, 0.15) is 11.5 Å². The Balaban J connectivity index is 1.42. The molecular weight excluding hydrogens is 452 g/mol. The highest BCUT2D eigenvalue weighted by Gasteiger charge is 2.28. The molecule has 0 saturated heterocycles. The van der Waals surface area contributed by atoms with Crippen LogP contribution >= 0.6 is 0 Å². The van der Waals surface area contributed by atoms with Crippen molar-refractivity contribution in [3.8, 4) is 11.5 Å². The fraction of sp³-hybridized carbons (Fsp3) is 0.269. The zero-order valence-corrected chi connectivity index (χ0v) is 20.3. The third-order valence-corrected chi connectivity index (χ3v) is 7.59. The molecule has 0 radical (unpaired) electrons. The molecular formula is C26H28N2O5S. The zero-order chi connectivity index (χ0) is 24.3. The minimum absolute atomic E-state index is 0.113. The fourth-order valence-corrected chi connectivity index (χ4v) is 5.49. The summed E-state index contributed by atoms with van der Waals surface area (Å²) in [6.07, 6.45) is 0.606. The number of carbonyl (C=O) groups excluding carboxylic acids is 1. The number of ether oxygens (including phenoxy) is 2. The van der Waals surface area contributed by atoms with Crippen molar-refractivity contribution >= 4 is 21.6 Å². The van der Waals surface area contributed by atoms with E-state index in [1.807, 2.05) is 50.2 Å². The quantitative estimate of drug-likeness (QED) is 0.551. The van der Waals surface area contributed by atoms with Gasteiger partial charge in [-0.25, -0.2) is 8.42 Å². The van der Waals surface area contributed by atoms with E-state index in [0.29, 0.717) is 30.2 Å². The molecule has 1 amide bonds. The van der Waals surface area contributed by atoms with Crippen molar-refractivity contribution in [2.75, 3.05) is 25.6 Å². The number of fused-ring (bicyclic) bond motifs is 1. The Morgan fingerprint density at radius 3 is 2.32 bits per heavy atom. The second kappa shape index (κ2) is 9.87. The Morgan fingerprint density at radius 1 is 0.941 bits per heavy atom. The second-order valence-corrected chi connectivity index (χ2v) is 10.3. The summed E-state index contributed by atoms with van der Waals surface area (Å²) in [7, 11) is -2.10. The van der Waals surface area contributed by atoms with E-state index in [4.69, 9.17) is 9.47 Å². The summed E-state index contributed by atoms with van der Waals surface area (Å²) in [5, 5.41) is 2.84. The van der Waals surface area contributed by atoms with Crippen molar-refractivity contribution in [2.24, 2.45) is 0 Å². The summed E-state index contributed by atoms with van der Waals surface area (Å²) < 4.78 is 38.5. The summed E-state index contributed by atoms with van der Waals surface area (Å²) in [4.78, 5) is 12.7. The molecule has 0 spiro atoms. The van der Waals surface area contributed by atoms with Crippen molar-refractivity contribution < 1.29 is 22.7 Å². The minimum atomic E-state index is -3.64. The van der Waals surface area contributed by atoms with Gasteiger partial charge in [0.25, 0.3) is 5.91 Å². The molecule has 0 bridgehead atoms. The topological polar surface area (TPSA) is 84.9 Å². The molecule has 0 saturated carbocycles. The van der Waals surface area contributed by atoms with E-state index < -0.39 is 10.0 Å². The number of aryl methyl sites for hydroxylation is 2. The summed E-state index contributed by atoms with van der Waals surface area (Å²) in [6.45, 7) is 4.48. The standard InChI is InChI=1S/C26H28N2O5S/c1-18-12-19(2)14-24(13-18)33-17-26(29)27-22-5-4-20-10-11-28(16-21(20)15-22)34(30,31)25-8-6-23(32-3)7-9-25/h4-9,12-15H,10-11,16-17H2,1-3H3,(H,27,29). The molecule has 1 aliphatic rings. The van der Waals surface area contributed by atoms with E-state index in [2.05, 4.69) is 5.32 Å². The van der Waals surface area contributed by atoms with Crippen LogP contribution in [0, 0.1) is 13.8 Å². The molecule has 0 aliphatic carbocycles. The summed E-state index contributed by atoms with van der Waals surface area (Å²) in [6, 6.07) is 17.8. The molecule has 1 aliphatic heterocycles. The molecule has 0 atom stereocenters. The Kier molecular flexibility index (Phi) is 6.90. The number of rotatable bonds is 7. The van der Waals surface area contributed by atoms with E-state index in [9.17, 15) is 13.2 Å². The smallest absolute Gasteiger partial charge is 0.262 e. The van der Waals surface area contributed by atoms with Crippen LogP contribution in [0.2, 0.25) is 0 Å². The molecule has 0 aromatic heterocycles. The molecule has 1 heterocycles. The van der Waals surface area contributed by atoms with Crippen LogP contribution in [0.3, 0.4) is 0 Å². The maximum absolute atomic E-state index is 13.1. The van der Waals surface area contributed by atoms with Gasteiger partial charge in [-0.2, -0.15) is 4.31 Å². The van der Waals surface area contributed by atoms with Crippen molar-refractivity contribution in [2.45, 2.75) is 31.7 Å². The van der Waals surface area contributed by atoms with Gasteiger partial charge in [0, 0.05) is 18.8 Å². The Labute approximate surface area is 200 Å². The lowest BCUT2D eigenvalue weighted by molar-refractivity contribution is -0.118. The number of benzene rings is 3. The number of hydrogen-bond acceptors (Lipinski definition) is 5. The molecule has 7 nitrogen and oxygen atoms in total. The maximum atomic E-state index is 13.1. The molecule has 0 unspecified atom stereocenters. The number of nitrogens with zero attached hydrogens (tertiary/aromatic N) is 1. The molecule has 178 valence electrons. The Hall–Kier alpha value is -3.36. The first-order valence-corrected chi connectivity index (χ1v) is 12.5. The minimum Gasteiger partial charge on any atom is -0.497 e. The number of nitrogens with one attached hydrogen (secondary N) is 1. The highest BCUT2D eigenvalue weighted by atomic mass is 32.2. The molecule has 1 N–H and O–H groups in total. The number of amides is 1. The van der Waals surface area contributed by atoms with Crippen LogP contribution in [-0.4, -0.2) is 38.9 Å². The van der Waals surface area contributed by atoms with Crippen LogP contribution in [0.5, 0.6) is 11.5 Å². The molecule has 4 rings (SSSR count).